The van der Waals surface area contributed by atoms with Gasteiger partial charge in [0.1, 0.15) is 11.5 Å². The van der Waals surface area contributed by atoms with Crippen molar-refractivity contribution in [3.63, 3.8) is 0 Å². The minimum absolute atomic E-state index is 0.171. The third-order valence-electron chi connectivity index (χ3n) is 3.97. The molecule has 26 heavy (non-hydrogen) atoms. The van der Waals surface area contributed by atoms with E-state index in [-0.39, 0.29) is 18.4 Å². The summed E-state index contributed by atoms with van der Waals surface area (Å²) in [4.78, 5) is 16.5. The fraction of sp³-hybridized carbons (Fsp3) is 0.158. The number of ether oxygens (including phenoxy) is 5. The number of carbonyl (C=O) groups excluding carboxylic acids is 1. The van der Waals surface area contributed by atoms with Crippen LogP contribution in [-0.2, 0) is 9.53 Å². The molecule has 2 heterocycles. The molecule has 2 aromatic rings. The molecular formula is C19H15NO6. The number of hydrogen-bond acceptors (Lipinski definition) is 7. The number of rotatable bonds is 4. The highest BCUT2D eigenvalue weighted by molar-refractivity contribution is 6.13. The maximum atomic E-state index is 12.2. The Morgan fingerprint density at radius 1 is 1.04 bits per heavy atom. The summed E-state index contributed by atoms with van der Waals surface area (Å²) in [5.74, 6) is 2.15. The minimum Gasteiger partial charge on any atom is -0.497 e. The lowest BCUT2D eigenvalue weighted by atomic mass is 10.1. The quantitative estimate of drug-likeness (QED) is 0.621. The van der Waals surface area contributed by atoms with Gasteiger partial charge in [0.15, 0.2) is 17.2 Å². The van der Waals surface area contributed by atoms with E-state index in [1.165, 1.54) is 0 Å². The second kappa shape index (κ2) is 6.44. The SMILES string of the molecule is COc1ccc(OC)c(/C=C2\N=C(c3ccc4c(c3)OCO4)OC2=O)c1. The van der Waals surface area contributed by atoms with Gasteiger partial charge in [0.2, 0.25) is 12.7 Å². The molecule has 2 aromatic carbocycles. The predicted molar refractivity (Wildman–Crippen MR) is 92.7 cm³/mol. The number of carbonyl (C=O) groups is 1. The zero-order valence-electron chi connectivity index (χ0n) is 14.1. The Morgan fingerprint density at radius 3 is 2.69 bits per heavy atom. The van der Waals surface area contributed by atoms with Gasteiger partial charge >= 0.3 is 5.97 Å². The lowest BCUT2D eigenvalue weighted by Gasteiger charge is -2.07. The van der Waals surface area contributed by atoms with Gasteiger partial charge in [-0.15, -0.1) is 0 Å². The van der Waals surface area contributed by atoms with Crippen molar-refractivity contribution < 1.29 is 28.5 Å². The smallest absolute Gasteiger partial charge is 0.363 e. The van der Waals surface area contributed by atoms with Crippen LogP contribution in [0.4, 0.5) is 0 Å². The standard InChI is InChI=1S/C19H15NO6/c1-22-13-4-6-15(23-2)12(7-13)8-14-19(21)26-18(20-14)11-3-5-16-17(9-11)25-10-24-16/h3-9H,10H2,1-2H3/b14-8-. The number of cyclic esters (lactones) is 1. The molecule has 2 aliphatic rings. The Kier molecular flexibility index (Phi) is 3.96. The van der Waals surface area contributed by atoms with Gasteiger partial charge in [0.25, 0.3) is 0 Å². The van der Waals surface area contributed by atoms with E-state index < -0.39 is 5.97 Å². The molecule has 0 atom stereocenters. The van der Waals surface area contributed by atoms with Crippen LogP contribution in [0.2, 0.25) is 0 Å². The van der Waals surface area contributed by atoms with Crippen LogP contribution < -0.4 is 18.9 Å². The van der Waals surface area contributed by atoms with Gasteiger partial charge in [0, 0.05) is 11.1 Å². The molecule has 0 aromatic heterocycles. The van der Waals surface area contributed by atoms with E-state index in [1.807, 2.05) is 0 Å². The number of methoxy groups -OCH3 is 2. The highest BCUT2D eigenvalue weighted by atomic mass is 16.7. The number of benzene rings is 2. The molecule has 132 valence electrons. The van der Waals surface area contributed by atoms with Crippen molar-refractivity contribution in [3.8, 4) is 23.0 Å². The molecule has 0 amide bonds. The molecular weight excluding hydrogens is 338 g/mol. The summed E-state index contributed by atoms with van der Waals surface area (Å²) >= 11 is 0. The molecule has 4 rings (SSSR count). The molecule has 0 N–H and O–H groups in total. The van der Waals surface area contributed by atoms with Crippen molar-refractivity contribution in [1.82, 2.24) is 0 Å². The number of nitrogens with zero attached hydrogens (tertiary/aromatic N) is 1. The van der Waals surface area contributed by atoms with E-state index >= 15 is 0 Å². The van der Waals surface area contributed by atoms with Crippen LogP contribution in [0, 0.1) is 0 Å². The molecule has 7 nitrogen and oxygen atoms in total. The first-order chi connectivity index (χ1) is 12.7. The first kappa shape index (κ1) is 16.0. The van der Waals surface area contributed by atoms with Crippen molar-refractivity contribution in [2.45, 2.75) is 0 Å². The molecule has 0 bridgehead atoms. The molecule has 0 fully saturated rings. The molecule has 0 spiro atoms. The van der Waals surface area contributed by atoms with Gasteiger partial charge in [-0.1, -0.05) is 0 Å². The van der Waals surface area contributed by atoms with E-state index in [9.17, 15) is 4.79 Å². The van der Waals surface area contributed by atoms with Crippen LogP contribution in [-0.4, -0.2) is 32.9 Å². The fourth-order valence-electron chi connectivity index (χ4n) is 2.66. The van der Waals surface area contributed by atoms with Crippen molar-refractivity contribution in [2.24, 2.45) is 4.99 Å². The molecule has 0 saturated carbocycles. The monoisotopic (exact) mass is 353 g/mol. The number of esters is 1. The summed E-state index contributed by atoms with van der Waals surface area (Å²) in [5.41, 5.74) is 1.46. The molecule has 7 heteroatoms. The highest BCUT2D eigenvalue weighted by Crippen LogP contribution is 2.34. The fourth-order valence-corrected chi connectivity index (χ4v) is 2.66. The van der Waals surface area contributed by atoms with Crippen LogP contribution in [0.5, 0.6) is 23.0 Å². The Hall–Kier alpha value is -3.48. The Balaban J connectivity index is 1.69. The normalized spacial score (nSPS) is 16.5. The third kappa shape index (κ3) is 2.83. The maximum absolute atomic E-state index is 12.2. The Labute approximate surface area is 149 Å². The Morgan fingerprint density at radius 2 is 1.88 bits per heavy atom. The number of aliphatic imine (C=N–C) groups is 1. The second-order valence-electron chi connectivity index (χ2n) is 5.51. The van der Waals surface area contributed by atoms with Gasteiger partial charge in [-0.25, -0.2) is 9.79 Å². The van der Waals surface area contributed by atoms with E-state index in [0.29, 0.717) is 34.1 Å². The van der Waals surface area contributed by atoms with Gasteiger partial charge in [0.05, 0.1) is 14.2 Å². The van der Waals surface area contributed by atoms with Crippen LogP contribution in [0.25, 0.3) is 6.08 Å². The van der Waals surface area contributed by atoms with Gasteiger partial charge in [-0.3, -0.25) is 0 Å². The van der Waals surface area contributed by atoms with Gasteiger partial charge in [-0.05, 0) is 42.5 Å². The molecule has 0 saturated heterocycles. The second-order valence-corrected chi connectivity index (χ2v) is 5.51. The zero-order valence-corrected chi connectivity index (χ0v) is 14.1. The first-order valence-electron chi connectivity index (χ1n) is 7.82. The first-order valence-corrected chi connectivity index (χ1v) is 7.82. The average molecular weight is 353 g/mol. The Bertz CT molecular complexity index is 947. The molecule has 0 radical (unpaired) electrons. The topological polar surface area (TPSA) is 75.6 Å². The predicted octanol–water partition coefficient (Wildman–Crippen LogP) is 2.78. The zero-order chi connectivity index (χ0) is 18.1. The highest BCUT2D eigenvalue weighted by Gasteiger charge is 2.26. The van der Waals surface area contributed by atoms with Crippen molar-refractivity contribution in [1.29, 1.82) is 0 Å². The summed E-state index contributed by atoms with van der Waals surface area (Å²) in [5, 5.41) is 0. The van der Waals surface area contributed by atoms with Crippen LogP contribution >= 0.6 is 0 Å². The summed E-state index contributed by atoms with van der Waals surface area (Å²) in [7, 11) is 3.12. The van der Waals surface area contributed by atoms with Crippen LogP contribution in [0.3, 0.4) is 0 Å². The lowest BCUT2D eigenvalue weighted by Crippen LogP contribution is -2.05. The van der Waals surface area contributed by atoms with Crippen LogP contribution in [0.15, 0.2) is 47.1 Å². The van der Waals surface area contributed by atoms with E-state index in [0.717, 1.165) is 0 Å². The average Bonchev–Trinajstić information content (AvgIpc) is 3.27. The summed E-state index contributed by atoms with van der Waals surface area (Å²) in [6, 6.07) is 10.5. The largest absolute Gasteiger partial charge is 0.497 e. The molecule has 2 aliphatic heterocycles. The lowest BCUT2D eigenvalue weighted by molar-refractivity contribution is -0.129. The summed E-state index contributed by atoms with van der Waals surface area (Å²) in [6.45, 7) is 0.172. The minimum atomic E-state index is -0.539. The summed E-state index contributed by atoms with van der Waals surface area (Å²) < 4.78 is 26.5. The number of fused-ring (bicyclic) bond motifs is 1. The van der Waals surface area contributed by atoms with E-state index in [2.05, 4.69) is 4.99 Å². The van der Waals surface area contributed by atoms with E-state index in [4.69, 9.17) is 23.7 Å². The van der Waals surface area contributed by atoms with Gasteiger partial charge in [-0.2, -0.15) is 0 Å². The summed E-state index contributed by atoms with van der Waals surface area (Å²) in [6.07, 6.45) is 1.60. The third-order valence-corrected chi connectivity index (χ3v) is 3.97. The van der Waals surface area contributed by atoms with Crippen molar-refractivity contribution in [2.75, 3.05) is 21.0 Å². The van der Waals surface area contributed by atoms with E-state index in [1.54, 1.807) is 56.7 Å². The maximum Gasteiger partial charge on any atom is 0.363 e. The molecule has 0 unspecified atom stereocenters. The molecule has 0 aliphatic carbocycles. The van der Waals surface area contributed by atoms with Crippen molar-refractivity contribution in [3.05, 3.63) is 53.2 Å². The van der Waals surface area contributed by atoms with Crippen LogP contribution in [0.1, 0.15) is 11.1 Å². The van der Waals surface area contributed by atoms with Gasteiger partial charge < -0.3 is 23.7 Å². The number of hydrogen-bond donors (Lipinski definition) is 0. The van der Waals surface area contributed by atoms with Crippen molar-refractivity contribution >= 4 is 17.9 Å².